The highest BCUT2D eigenvalue weighted by atomic mass is 32.2. The third-order valence-corrected chi connectivity index (χ3v) is 6.32. The van der Waals surface area contributed by atoms with E-state index in [1.54, 1.807) is 19.1 Å². The van der Waals surface area contributed by atoms with Gasteiger partial charge >= 0.3 is 0 Å². The van der Waals surface area contributed by atoms with E-state index < -0.39 is 21.6 Å². The second-order valence-corrected chi connectivity index (χ2v) is 8.36. The number of aromatic hydroxyl groups is 1. The molecule has 0 atom stereocenters. The van der Waals surface area contributed by atoms with Crippen molar-refractivity contribution < 1.29 is 23.1 Å². The number of carbonyl (C=O) groups excluding carboxylic acids is 2. The van der Waals surface area contributed by atoms with Crippen LogP contribution < -0.4 is 10.5 Å². The molecule has 0 radical (unpaired) electrons. The molecule has 3 aromatic rings. The minimum atomic E-state index is -4.15. The molecule has 0 aliphatic heterocycles. The number of benzene rings is 3. The number of fused-ring (bicyclic) bond motifs is 2. The lowest BCUT2D eigenvalue weighted by atomic mass is 9.82. The Balaban J connectivity index is 1.89. The Morgan fingerprint density at radius 1 is 0.897 bits per heavy atom. The molecule has 29 heavy (non-hydrogen) atoms. The fraction of sp³-hybridized carbons (Fsp3) is 0.0476. The Kier molecular flexibility index (Phi) is 4.16. The van der Waals surface area contributed by atoms with E-state index in [4.69, 9.17) is 5.73 Å². The number of sulfonamides is 1. The monoisotopic (exact) mass is 408 g/mol. The zero-order valence-corrected chi connectivity index (χ0v) is 16.1. The molecule has 0 spiro atoms. The van der Waals surface area contributed by atoms with Crippen molar-refractivity contribution in [1.29, 1.82) is 0 Å². The molecule has 3 aromatic carbocycles. The van der Waals surface area contributed by atoms with E-state index in [9.17, 15) is 23.1 Å². The van der Waals surface area contributed by atoms with Gasteiger partial charge in [0.15, 0.2) is 11.6 Å². The zero-order valence-electron chi connectivity index (χ0n) is 15.3. The Morgan fingerprint density at radius 3 is 2.17 bits per heavy atom. The van der Waals surface area contributed by atoms with Gasteiger partial charge in [-0.2, -0.15) is 0 Å². The Bertz CT molecular complexity index is 1310. The number of phenols is 1. The number of ketones is 2. The highest BCUT2D eigenvalue weighted by molar-refractivity contribution is 7.92. The summed E-state index contributed by atoms with van der Waals surface area (Å²) in [5.41, 5.74) is 6.69. The first-order chi connectivity index (χ1) is 13.7. The van der Waals surface area contributed by atoms with E-state index in [1.165, 1.54) is 36.4 Å². The lowest BCUT2D eigenvalue weighted by Crippen LogP contribution is -2.25. The quantitative estimate of drug-likeness (QED) is 0.448. The molecule has 8 heteroatoms. The number of hydrogen-bond acceptors (Lipinski definition) is 6. The number of aryl methyl sites for hydroxylation is 1. The number of nitrogens with one attached hydrogen (secondary N) is 1. The Labute approximate surface area is 166 Å². The molecule has 146 valence electrons. The summed E-state index contributed by atoms with van der Waals surface area (Å²) in [5.74, 6) is -1.15. The highest BCUT2D eigenvalue weighted by Gasteiger charge is 2.34. The van der Waals surface area contributed by atoms with Crippen molar-refractivity contribution in [3.63, 3.8) is 0 Å². The summed E-state index contributed by atoms with van der Waals surface area (Å²) in [6, 6.07) is 13.0. The predicted molar refractivity (Wildman–Crippen MR) is 108 cm³/mol. The number of nitrogens with two attached hydrogens (primary N) is 1. The normalized spacial score (nSPS) is 13.0. The van der Waals surface area contributed by atoms with Crippen molar-refractivity contribution in [2.75, 3.05) is 10.5 Å². The van der Waals surface area contributed by atoms with Crippen molar-refractivity contribution in [3.05, 3.63) is 82.4 Å². The molecule has 0 bridgehead atoms. The maximum Gasteiger partial charge on any atom is 0.262 e. The third-order valence-electron chi connectivity index (χ3n) is 4.81. The second kappa shape index (κ2) is 6.46. The Morgan fingerprint density at radius 2 is 1.52 bits per heavy atom. The van der Waals surface area contributed by atoms with Gasteiger partial charge in [0.2, 0.25) is 0 Å². The molecule has 0 heterocycles. The van der Waals surface area contributed by atoms with Gasteiger partial charge in [-0.1, -0.05) is 30.3 Å². The molecule has 0 aromatic heterocycles. The van der Waals surface area contributed by atoms with E-state index in [2.05, 4.69) is 4.72 Å². The van der Waals surface area contributed by atoms with Crippen LogP contribution in [0.4, 0.5) is 11.4 Å². The smallest absolute Gasteiger partial charge is 0.262 e. The van der Waals surface area contributed by atoms with Gasteiger partial charge in [-0.15, -0.1) is 0 Å². The molecular weight excluding hydrogens is 392 g/mol. The van der Waals surface area contributed by atoms with Crippen LogP contribution in [-0.2, 0) is 10.0 Å². The van der Waals surface area contributed by atoms with E-state index in [-0.39, 0.29) is 44.3 Å². The lowest BCUT2D eigenvalue weighted by Gasteiger charge is -2.22. The van der Waals surface area contributed by atoms with Crippen LogP contribution in [0.2, 0.25) is 0 Å². The average Bonchev–Trinajstić information content (AvgIpc) is 2.69. The van der Waals surface area contributed by atoms with Gasteiger partial charge in [-0.05, 0) is 30.7 Å². The first kappa shape index (κ1) is 18.7. The molecule has 0 saturated carbocycles. The predicted octanol–water partition coefficient (Wildman–Crippen LogP) is 2.86. The van der Waals surface area contributed by atoms with Crippen LogP contribution in [0.25, 0.3) is 0 Å². The average molecular weight is 408 g/mol. The summed E-state index contributed by atoms with van der Waals surface area (Å²) in [6.45, 7) is 1.58. The Hall–Kier alpha value is -3.65. The van der Waals surface area contributed by atoms with E-state index in [0.29, 0.717) is 5.56 Å². The number of hydrogen-bond donors (Lipinski definition) is 3. The minimum Gasteiger partial charge on any atom is -0.508 e. The van der Waals surface area contributed by atoms with Crippen molar-refractivity contribution >= 4 is 33.0 Å². The summed E-state index contributed by atoms with van der Waals surface area (Å²) in [4.78, 5) is 25.9. The number of nitrogen functional groups attached to an aromatic ring is 1. The molecule has 0 unspecified atom stereocenters. The first-order valence-corrected chi connectivity index (χ1v) is 10.1. The number of carbonyl (C=O) groups is 2. The van der Waals surface area contributed by atoms with Crippen LogP contribution in [0.3, 0.4) is 0 Å². The van der Waals surface area contributed by atoms with Gasteiger partial charge < -0.3 is 10.8 Å². The first-order valence-electron chi connectivity index (χ1n) is 8.64. The number of phenolic OH excluding ortho intramolecular Hbond substituents is 1. The molecular formula is C21H16N2O5S. The SMILES string of the molecule is Cc1ccc(O)cc1S(=O)(=O)Nc1ccc(N)c2c1C(=O)c1ccccc1C2=O. The fourth-order valence-corrected chi connectivity index (χ4v) is 4.75. The molecule has 7 nitrogen and oxygen atoms in total. The van der Waals surface area contributed by atoms with Crippen molar-refractivity contribution in [3.8, 4) is 5.75 Å². The van der Waals surface area contributed by atoms with Gasteiger partial charge in [-0.25, -0.2) is 8.42 Å². The van der Waals surface area contributed by atoms with Crippen LogP contribution in [-0.4, -0.2) is 25.1 Å². The number of rotatable bonds is 3. The third kappa shape index (κ3) is 2.94. The lowest BCUT2D eigenvalue weighted by molar-refractivity contribution is 0.0980. The van der Waals surface area contributed by atoms with Crippen molar-refractivity contribution in [2.24, 2.45) is 0 Å². The van der Waals surface area contributed by atoms with Crippen LogP contribution in [0, 0.1) is 6.92 Å². The topological polar surface area (TPSA) is 127 Å². The van der Waals surface area contributed by atoms with Gasteiger partial charge in [0.25, 0.3) is 10.0 Å². The summed E-state index contributed by atoms with van der Waals surface area (Å²) in [5, 5.41) is 9.67. The molecule has 0 amide bonds. The maximum absolute atomic E-state index is 13.1. The van der Waals surface area contributed by atoms with E-state index >= 15 is 0 Å². The van der Waals surface area contributed by atoms with E-state index in [1.807, 2.05) is 0 Å². The van der Waals surface area contributed by atoms with Gasteiger partial charge in [0.1, 0.15) is 5.75 Å². The zero-order chi connectivity index (χ0) is 20.9. The van der Waals surface area contributed by atoms with Crippen molar-refractivity contribution in [1.82, 2.24) is 0 Å². The van der Waals surface area contributed by atoms with E-state index in [0.717, 1.165) is 6.07 Å². The standard InChI is InChI=1S/C21H16N2O5S/c1-11-6-7-12(24)10-17(11)29(27,28)23-16-9-8-15(22)18-19(16)21(26)14-5-3-2-4-13(14)20(18)25/h2-10,23-24H,22H2,1H3. The second-order valence-electron chi connectivity index (χ2n) is 6.71. The molecule has 0 fully saturated rings. The summed E-state index contributed by atoms with van der Waals surface area (Å²) in [7, 11) is -4.15. The molecule has 1 aliphatic rings. The molecule has 4 N–H and O–H groups in total. The summed E-state index contributed by atoms with van der Waals surface area (Å²) >= 11 is 0. The van der Waals surface area contributed by atoms with Gasteiger partial charge in [0, 0.05) is 22.9 Å². The minimum absolute atomic E-state index is 0.0264. The van der Waals surface area contributed by atoms with Crippen molar-refractivity contribution in [2.45, 2.75) is 11.8 Å². The van der Waals surface area contributed by atoms with Crippen LogP contribution in [0.15, 0.2) is 59.5 Å². The molecule has 0 saturated heterocycles. The maximum atomic E-state index is 13.1. The fourth-order valence-electron chi connectivity index (χ4n) is 3.41. The number of anilines is 2. The largest absolute Gasteiger partial charge is 0.508 e. The van der Waals surface area contributed by atoms with Crippen LogP contribution in [0.5, 0.6) is 5.75 Å². The molecule has 4 rings (SSSR count). The van der Waals surface area contributed by atoms with Gasteiger partial charge in [0.05, 0.1) is 21.7 Å². The molecule has 1 aliphatic carbocycles. The summed E-state index contributed by atoms with van der Waals surface area (Å²) in [6.07, 6.45) is 0. The summed E-state index contributed by atoms with van der Waals surface area (Å²) < 4.78 is 28.2. The highest BCUT2D eigenvalue weighted by Crippen LogP contribution is 2.36. The van der Waals surface area contributed by atoms with Crippen LogP contribution in [0.1, 0.15) is 37.4 Å². The van der Waals surface area contributed by atoms with Crippen LogP contribution >= 0.6 is 0 Å². The van der Waals surface area contributed by atoms with Gasteiger partial charge in [-0.3, -0.25) is 14.3 Å².